The summed E-state index contributed by atoms with van der Waals surface area (Å²) in [4.78, 5) is 23.0. The maximum absolute atomic E-state index is 13.9. The molecule has 1 amide bonds. The first-order valence-electron chi connectivity index (χ1n) is 8.70. The fraction of sp³-hybridized carbons (Fsp3) is 0.444. The molecule has 6 nitrogen and oxygen atoms in total. The second-order valence-electron chi connectivity index (χ2n) is 6.57. The lowest BCUT2D eigenvalue weighted by molar-refractivity contribution is -0.133. The number of nitrogens with zero attached hydrogens (tertiary/aromatic N) is 5. The van der Waals surface area contributed by atoms with E-state index in [4.69, 9.17) is 0 Å². The minimum absolute atomic E-state index is 0.146. The van der Waals surface area contributed by atoms with Crippen LogP contribution in [0.2, 0.25) is 0 Å². The number of fused-ring (bicyclic) bond motifs is 1. The molecule has 0 unspecified atom stereocenters. The van der Waals surface area contributed by atoms with E-state index < -0.39 is 0 Å². The van der Waals surface area contributed by atoms with Crippen molar-refractivity contribution in [3.8, 4) is 0 Å². The molecule has 1 saturated heterocycles. The Morgan fingerprint density at radius 2 is 1.88 bits per heavy atom. The predicted octanol–water partition coefficient (Wildman–Crippen LogP) is 1.19. The van der Waals surface area contributed by atoms with Crippen molar-refractivity contribution in [1.29, 1.82) is 0 Å². The number of anilines is 1. The van der Waals surface area contributed by atoms with E-state index in [0.29, 0.717) is 45.0 Å². The fourth-order valence-corrected chi connectivity index (χ4v) is 3.55. The molecule has 25 heavy (non-hydrogen) atoms. The number of carbonyl (C=O) groups excluding carboxylic acids is 1. The molecule has 2 aliphatic heterocycles. The Balaban J connectivity index is 1.31. The molecule has 132 valence electrons. The molecular formula is C18H22FN5O. The molecule has 4 rings (SSSR count). The summed E-state index contributed by atoms with van der Waals surface area (Å²) in [5, 5.41) is 0. The van der Waals surface area contributed by atoms with Gasteiger partial charge in [0, 0.05) is 51.7 Å². The molecule has 0 aliphatic carbocycles. The second kappa shape index (κ2) is 6.84. The van der Waals surface area contributed by atoms with Crippen LogP contribution in [0.25, 0.3) is 0 Å². The molecule has 2 aliphatic rings. The molecule has 0 spiro atoms. The lowest BCUT2D eigenvalue weighted by Crippen LogP contribution is -2.52. The lowest BCUT2D eigenvalue weighted by atomic mass is 10.2. The molecule has 1 fully saturated rings. The number of amides is 1. The van der Waals surface area contributed by atoms with E-state index in [1.54, 1.807) is 12.1 Å². The zero-order chi connectivity index (χ0) is 17.2. The highest BCUT2D eigenvalue weighted by Gasteiger charge is 2.25. The summed E-state index contributed by atoms with van der Waals surface area (Å²) in [7, 11) is 0. The first-order chi connectivity index (χ1) is 12.2. The summed E-state index contributed by atoms with van der Waals surface area (Å²) in [6.07, 6.45) is 3.79. The number of rotatable bonds is 3. The number of piperazine rings is 1. The van der Waals surface area contributed by atoms with Gasteiger partial charge in [0.05, 0.1) is 18.8 Å². The number of hydrogen-bond acceptors (Lipinski definition) is 4. The summed E-state index contributed by atoms with van der Waals surface area (Å²) in [6.45, 7) is 5.48. The van der Waals surface area contributed by atoms with Gasteiger partial charge in [-0.2, -0.15) is 0 Å². The summed E-state index contributed by atoms with van der Waals surface area (Å²) in [5.41, 5.74) is 0.623. The van der Waals surface area contributed by atoms with Crippen LogP contribution < -0.4 is 4.90 Å². The van der Waals surface area contributed by atoms with Crippen LogP contribution in [0.1, 0.15) is 5.82 Å². The highest BCUT2D eigenvalue weighted by atomic mass is 19.1. The third-order valence-corrected chi connectivity index (χ3v) is 5.01. The second-order valence-corrected chi connectivity index (χ2v) is 6.57. The van der Waals surface area contributed by atoms with Gasteiger partial charge in [-0.15, -0.1) is 0 Å². The molecule has 0 radical (unpaired) electrons. The zero-order valence-electron chi connectivity index (χ0n) is 14.1. The monoisotopic (exact) mass is 343 g/mol. The van der Waals surface area contributed by atoms with Gasteiger partial charge in [0.1, 0.15) is 11.6 Å². The maximum Gasteiger partial charge on any atom is 0.236 e. The van der Waals surface area contributed by atoms with Gasteiger partial charge in [0.2, 0.25) is 5.91 Å². The highest BCUT2D eigenvalue weighted by Crippen LogP contribution is 2.20. The van der Waals surface area contributed by atoms with Gasteiger partial charge in [0.25, 0.3) is 0 Å². The molecular weight excluding hydrogens is 321 g/mol. The van der Waals surface area contributed by atoms with Crippen molar-refractivity contribution in [2.24, 2.45) is 0 Å². The van der Waals surface area contributed by atoms with E-state index in [1.807, 2.05) is 28.3 Å². The lowest BCUT2D eigenvalue weighted by Gasteiger charge is -2.37. The summed E-state index contributed by atoms with van der Waals surface area (Å²) in [6, 6.07) is 6.81. The van der Waals surface area contributed by atoms with Crippen LogP contribution in [-0.4, -0.2) is 64.5 Å². The first-order valence-corrected chi connectivity index (χ1v) is 8.70. The minimum Gasteiger partial charge on any atom is -0.366 e. The number of imidazole rings is 1. The number of aromatic nitrogens is 2. The Bertz CT molecular complexity index is 753. The van der Waals surface area contributed by atoms with Crippen LogP contribution in [0.15, 0.2) is 36.7 Å². The average molecular weight is 343 g/mol. The van der Waals surface area contributed by atoms with E-state index in [9.17, 15) is 9.18 Å². The van der Waals surface area contributed by atoms with Gasteiger partial charge < -0.3 is 14.4 Å². The summed E-state index contributed by atoms with van der Waals surface area (Å²) in [5.74, 6) is 0.961. The zero-order valence-corrected chi connectivity index (χ0v) is 14.1. The maximum atomic E-state index is 13.9. The molecule has 2 aromatic rings. The van der Waals surface area contributed by atoms with Crippen LogP contribution in [-0.2, 0) is 17.9 Å². The van der Waals surface area contributed by atoms with E-state index in [2.05, 4.69) is 14.5 Å². The topological polar surface area (TPSA) is 44.6 Å². The van der Waals surface area contributed by atoms with Crippen molar-refractivity contribution < 1.29 is 9.18 Å². The molecule has 0 atom stereocenters. The number of benzene rings is 1. The van der Waals surface area contributed by atoms with Gasteiger partial charge in [-0.05, 0) is 12.1 Å². The standard InChI is InChI=1S/C18H22FN5O/c19-15-3-1-2-4-16(15)22-9-11-24(12-10-22)18(25)14-21-7-8-23-6-5-20-17(23)13-21/h1-6H,7-14H2. The minimum atomic E-state index is -0.203. The molecule has 1 aromatic carbocycles. The summed E-state index contributed by atoms with van der Waals surface area (Å²) < 4.78 is 16.0. The number of para-hydroxylation sites is 1. The third-order valence-electron chi connectivity index (χ3n) is 5.01. The van der Waals surface area contributed by atoms with Gasteiger partial charge in [-0.25, -0.2) is 9.37 Å². The summed E-state index contributed by atoms with van der Waals surface area (Å²) >= 11 is 0. The van der Waals surface area contributed by atoms with Crippen LogP contribution in [0.3, 0.4) is 0 Å². The molecule has 0 saturated carbocycles. The molecule has 1 aromatic heterocycles. The quantitative estimate of drug-likeness (QED) is 0.840. The largest absolute Gasteiger partial charge is 0.366 e. The van der Waals surface area contributed by atoms with Crippen molar-refractivity contribution in [3.63, 3.8) is 0 Å². The number of carbonyl (C=O) groups is 1. The third kappa shape index (κ3) is 3.37. The van der Waals surface area contributed by atoms with Crippen LogP contribution in [0, 0.1) is 5.82 Å². The van der Waals surface area contributed by atoms with E-state index in [-0.39, 0.29) is 11.7 Å². The van der Waals surface area contributed by atoms with Crippen molar-refractivity contribution in [2.75, 3.05) is 44.2 Å². The van der Waals surface area contributed by atoms with Crippen LogP contribution in [0.4, 0.5) is 10.1 Å². The Kier molecular flexibility index (Phi) is 4.40. The highest BCUT2D eigenvalue weighted by molar-refractivity contribution is 5.78. The predicted molar refractivity (Wildman–Crippen MR) is 92.7 cm³/mol. The first kappa shape index (κ1) is 16.1. The van der Waals surface area contributed by atoms with Gasteiger partial charge in [0.15, 0.2) is 0 Å². The van der Waals surface area contributed by atoms with Gasteiger partial charge in [-0.3, -0.25) is 9.69 Å². The van der Waals surface area contributed by atoms with Gasteiger partial charge >= 0.3 is 0 Å². The van der Waals surface area contributed by atoms with Crippen molar-refractivity contribution in [3.05, 3.63) is 48.3 Å². The smallest absolute Gasteiger partial charge is 0.236 e. The van der Waals surface area contributed by atoms with Gasteiger partial charge in [-0.1, -0.05) is 12.1 Å². The normalized spacial score (nSPS) is 18.3. The fourth-order valence-electron chi connectivity index (χ4n) is 3.55. The van der Waals surface area contributed by atoms with E-state index in [1.165, 1.54) is 6.07 Å². The van der Waals surface area contributed by atoms with E-state index in [0.717, 1.165) is 18.9 Å². The Labute approximate surface area is 146 Å². The Morgan fingerprint density at radius 1 is 1.08 bits per heavy atom. The van der Waals surface area contributed by atoms with E-state index >= 15 is 0 Å². The molecule has 0 N–H and O–H groups in total. The molecule has 3 heterocycles. The SMILES string of the molecule is O=C(CN1CCn2ccnc2C1)N1CCN(c2ccccc2F)CC1. The van der Waals surface area contributed by atoms with Crippen LogP contribution >= 0.6 is 0 Å². The Hall–Kier alpha value is -2.41. The molecule has 7 heteroatoms. The number of hydrogen-bond donors (Lipinski definition) is 0. The molecule has 0 bridgehead atoms. The van der Waals surface area contributed by atoms with Crippen molar-refractivity contribution in [2.45, 2.75) is 13.1 Å². The number of halogens is 1. The Morgan fingerprint density at radius 3 is 2.68 bits per heavy atom. The van der Waals surface area contributed by atoms with Crippen LogP contribution in [0.5, 0.6) is 0 Å². The van der Waals surface area contributed by atoms with Crippen molar-refractivity contribution >= 4 is 11.6 Å². The van der Waals surface area contributed by atoms with Crippen molar-refractivity contribution in [1.82, 2.24) is 19.4 Å². The average Bonchev–Trinajstić information content (AvgIpc) is 3.10.